The molecule has 0 saturated carbocycles. The first-order valence-corrected chi connectivity index (χ1v) is 8.36. The van der Waals surface area contributed by atoms with Crippen molar-refractivity contribution in [1.29, 1.82) is 0 Å². The number of benzene rings is 1. The van der Waals surface area contributed by atoms with Crippen LogP contribution in [0.3, 0.4) is 0 Å². The molecule has 2 aliphatic rings. The van der Waals surface area contributed by atoms with Crippen molar-refractivity contribution >= 4 is 5.91 Å². The Balaban J connectivity index is 1.57. The molecule has 3 atom stereocenters. The van der Waals surface area contributed by atoms with E-state index in [1.807, 2.05) is 43.0 Å². The van der Waals surface area contributed by atoms with Crippen LogP contribution in [0.15, 0.2) is 24.3 Å². The first kappa shape index (κ1) is 15.3. The van der Waals surface area contributed by atoms with E-state index in [9.17, 15) is 4.79 Å². The van der Waals surface area contributed by atoms with E-state index in [4.69, 9.17) is 4.74 Å². The molecule has 4 heteroatoms. The Kier molecular flexibility index (Phi) is 4.67. The summed E-state index contributed by atoms with van der Waals surface area (Å²) in [6.07, 6.45) is 1.81. The smallest absolute Gasteiger partial charge is 0.263 e. The number of fused-ring (bicyclic) bond motifs is 1. The third-order valence-electron chi connectivity index (χ3n) is 5.01. The molecule has 1 amide bonds. The summed E-state index contributed by atoms with van der Waals surface area (Å²) in [7, 11) is 0. The first-order valence-electron chi connectivity index (χ1n) is 8.36. The molecule has 0 aromatic heterocycles. The predicted molar refractivity (Wildman–Crippen MR) is 86.9 cm³/mol. The van der Waals surface area contributed by atoms with Crippen LogP contribution in [0.4, 0.5) is 0 Å². The number of ether oxygens (including phenoxy) is 1. The van der Waals surface area contributed by atoms with E-state index in [0.29, 0.717) is 0 Å². The molecule has 2 saturated heterocycles. The molecule has 0 spiro atoms. The lowest BCUT2D eigenvalue weighted by atomic mass is 9.92. The number of nitrogens with one attached hydrogen (secondary N) is 1. The van der Waals surface area contributed by atoms with Crippen LogP contribution in [0.5, 0.6) is 5.75 Å². The summed E-state index contributed by atoms with van der Waals surface area (Å²) in [5, 5.41) is 3.47. The largest absolute Gasteiger partial charge is 0.481 e. The number of likely N-dealkylation sites (tertiary alicyclic amines) is 1. The summed E-state index contributed by atoms with van der Waals surface area (Å²) in [4.78, 5) is 14.6. The van der Waals surface area contributed by atoms with Crippen molar-refractivity contribution in [2.24, 2.45) is 11.8 Å². The number of rotatable bonds is 3. The van der Waals surface area contributed by atoms with Crippen LogP contribution < -0.4 is 10.1 Å². The van der Waals surface area contributed by atoms with Crippen molar-refractivity contribution in [1.82, 2.24) is 10.2 Å². The van der Waals surface area contributed by atoms with Crippen LogP contribution in [0.25, 0.3) is 0 Å². The minimum atomic E-state index is -0.418. The lowest BCUT2D eigenvalue weighted by molar-refractivity contribution is -0.137. The summed E-state index contributed by atoms with van der Waals surface area (Å²) < 4.78 is 5.82. The number of carbonyl (C=O) groups is 1. The standard InChI is InChI=1S/C18H26N2O2/c1-13-3-5-17(6-4-13)22-14(2)18(21)20-9-7-15-11-19-12-16(15)8-10-20/h3-6,14-16,19H,7-12H2,1-2H3/t14?,15-,16+. The normalized spacial score (nSPS) is 26.2. The molecule has 1 aromatic rings. The highest BCUT2D eigenvalue weighted by molar-refractivity contribution is 5.81. The topological polar surface area (TPSA) is 41.6 Å². The van der Waals surface area contributed by atoms with Gasteiger partial charge in [-0.1, -0.05) is 17.7 Å². The molecule has 0 aliphatic carbocycles. The molecule has 2 fully saturated rings. The minimum absolute atomic E-state index is 0.119. The maximum Gasteiger partial charge on any atom is 0.263 e. The van der Waals surface area contributed by atoms with Crippen LogP contribution >= 0.6 is 0 Å². The molecular weight excluding hydrogens is 276 g/mol. The molecular formula is C18H26N2O2. The zero-order valence-electron chi connectivity index (χ0n) is 13.5. The maximum atomic E-state index is 12.6. The van der Waals surface area contributed by atoms with Gasteiger partial charge in [0.1, 0.15) is 5.75 Å². The van der Waals surface area contributed by atoms with Crippen LogP contribution in [0, 0.1) is 18.8 Å². The fourth-order valence-electron chi connectivity index (χ4n) is 3.57. The predicted octanol–water partition coefficient (Wildman–Crippen LogP) is 2.22. The molecule has 4 nitrogen and oxygen atoms in total. The van der Waals surface area contributed by atoms with Crippen molar-refractivity contribution in [2.45, 2.75) is 32.8 Å². The highest BCUT2D eigenvalue weighted by Gasteiger charge is 2.32. The molecule has 0 bridgehead atoms. The number of hydrogen-bond acceptors (Lipinski definition) is 3. The van der Waals surface area contributed by atoms with E-state index in [0.717, 1.165) is 56.6 Å². The van der Waals surface area contributed by atoms with Gasteiger partial charge in [-0.05, 0) is 63.7 Å². The third kappa shape index (κ3) is 3.43. The van der Waals surface area contributed by atoms with Gasteiger partial charge in [0, 0.05) is 13.1 Å². The van der Waals surface area contributed by atoms with Crippen molar-refractivity contribution in [3.05, 3.63) is 29.8 Å². The van der Waals surface area contributed by atoms with Gasteiger partial charge in [-0.25, -0.2) is 0 Å². The van der Waals surface area contributed by atoms with Crippen LogP contribution in [-0.4, -0.2) is 43.1 Å². The Morgan fingerprint density at radius 2 is 1.77 bits per heavy atom. The minimum Gasteiger partial charge on any atom is -0.481 e. The highest BCUT2D eigenvalue weighted by Crippen LogP contribution is 2.27. The summed E-state index contributed by atoms with van der Waals surface area (Å²) in [6.45, 7) is 7.85. The summed E-state index contributed by atoms with van der Waals surface area (Å²) >= 11 is 0. The lowest BCUT2D eigenvalue weighted by Crippen LogP contribution is -2.41. The molecule has 1 N–H and O–H groups in total. The van der Waals surface area contributed by atoms with E-state index in [1.165, 1.54) is 5.56 Å². The van der Waals surface area contributed by atoms with Crippen LogP contribution in [0.1, 0.15) is 25.3 Å². The van der Waals surface area contributed by atoms with E-state index in [-0.39, 0.29) is 5.91 Å². The number of hydrogen-bond donors (Lipinski definition) is 1. The van der Waals surface area contributed by atoms with Gasteiger partial charge >= 0.3 is 0 Å². The van der Waals surface area contributed by atoms with Crippen LogP contribution in [-0.2, 0) is 4.79 Å². The third-order valence-corrected chi connectivity index (χ3v) is 5.01. The van der Waals surface area contributed by atoms with E-state index < -0.39 is 6.10 Å². The van der Waals surface area contributed by atoms with Gasteiger partial charge in [0.2, 0.25) is 0 Å². The van der Waals surface area contributed by atoms with Gasteiger partial charge in [-0.2, -0.15) is 0 Å². The quantitative estimate of drug-likeness (QED) is 0.931. The molecule has 1 unspecified atom stereocenters. The summed E-state index contributed by atoms with van der Waals surface area (Å²) in [6, 6.07) is 7.87. The second-order valence-corrected chi connectivity index (χ2v) is 6.65. The van der Waals surface area contributed by atoms with Crippen molar-refractivity contribution < 1.29 is 9.53 Å². The molecule has 120 valence electrons. The summed E-state index contributed by atoms with van der Waals surface area (Å²) in [5.41, 5.74) is 1.19. The fourth-order valence-corrected chi connectivity index (χ4v) is 3.57. The van der Waals surface area contributed by atoms with Crippen molar-refractivity contribution in [2.75, 3.05) is 26.2 Å². The molecule has 22 heavy (non-hydrogen) atoms. The van der Waals surface area contributed by atoms with Gasteiger partial charge in [0.15, 0.2) is 6.10 Å². The fraction of sp³-hybridized carbons (Fsp3) is 0.611. The maximum absolute atomic E-state index is 12.6. The Hall–Kier alpha value is -1.55. The Morgan fingerprint density at radius 1 is 1.18 bits per heavy atom. The zero-order valence-corrected chi connectivity index (χ0v) is 13.5. The summed E-state index contributed by atoms with van der Waals surface area (Å²) in [5.74, 6) is 2.37. The average molecular weight is 302 g/mol. The number of nitrogens with zero attached hydrogens (tertiary/aromatic N) is 1. The highest BCUT2D eigenvalue weighted by atomic mass is 16.5. The molecule has 1 aromatic carbocycles. The lowest BCUT2D eigenvalue weighted by Gasteiger charge is -2.25. The molecule has 2 heterocycles. The second-order valence-electron chi connectivity index (χ2n) is 6.65. The SMILES string of the molecule is Cc1ccc(OC(C)C(=O)N2CC[C@@H]3CNC[C@@H]3CC2)cc1. The van der Waals surface area contributed by atoms with Gasteiger partial charge in [-0.3, -0.25) is 4.79 Å². The second kappa shape index (κ2) is 6.69. The monoisotopic (exact) mass is 302 g/mol. The number of carbonyl (C=O) groups excluding carboxylic acids is 1. The van der Waals surface area contributed by atoms with E-state index >= 15 is 0 Å². The average Bonchev–Trinajstić information content (AvgIpc) is 2.87. The number of amides is 1. The van der Waals surface area contributed by atoms with E-state index in [2.05, 4.69) is 5.32 Å². The first-order chi connectivity index (χ1) is 10.6. The molecule has 2 aliphatic heterocycles. The zero-order chi connectivity index (χ0) is 15.5. The van der Waals surface area contributed by atoms with Crippen LogP contribution in [0.2, 0.25) is 0 Å². The van der Waals surface area contributed by atoms with Gasteiger partial charge in [0.25, 0.3) is 5.91 Å². The van der Waals surface area contributed by atoms with Gasteiger partial charge in [0.05, 0.1) is 0 Å². The Bertz CT molecular complexity index is 500. The van der Waals surface area contributed by atoms with E-state index in [1.54, 1.807) is 0 Å². The molecule has 0 radical (unpaired) electrons. The van der Waals surface area contributed by atoms with Crippen molar-refractivity contribution in [3.63, 3.8) is 0 Å². The van der Waals surface area contributed by atoms with Gasteiger partial charge in [-0.15, -0.1) is 0 Å². The van der Waals surface area contributed by atoms with Crippen molar-refractivity contribution in [3.8, 4) is 5.75 Å². The Labute approximate surface area is 132 Å². The number of aryl methyl sites for hydroxylation is 1. The van der Waals surface area contributed by atoms with Gasteiger partial charge < -0.3 is 15.0 Å². The Morgan fingerprint density at radius 3 is 2.36 bits per heavy atom. The molecule has 3 rings (SSSR count).